The molecule has 0 spiro atoms. The van der Waals surface area contributed by atoms with Crippen LogP contribution in [-0.4, -0.2) is 9.55 Å². The van der Waals surface area contributed by atoms with Crippen LogP contribution in [0.5, 0.6) is 0 Å². The van der Waals surface area contributed by atoms with Gasteiger partial charge < -0.3 is 4.57 Å². The van der Waals surface area contributed by atoms with Crippen LogP contribution in [0.4, 0.5) is 0 Å². The van der Waals surface area contributed by atoms with Crippen LogP contribution in [0.1, 0.15) is 11.3 Å². The van der Waals surface area contributed by atoms with E-state index in [9.17, 15) is 0 Å². The average molecular weight is 359 g/mol. The summed E-state index contributed by atoms with van der Waals surface area (Å²) in [5.41, 5.74) is 7.31. The Morgan fingerprint density at radius 3 is 2.54 bits per heavy atom. The molecule has 3 aromatic carbocycles. The Balaban J connectivity index is 1.72. The zero-order valence-electron chi connectivity index (χ0n) is 15.4. The zero-order chi connectivity index (χ0) is 19.1. The molecule has 0 aliphatic carbocycles. The van der Waals surface area contributed by atoms with E-state index in [0.717, 1.165) is 33.4 Å². The lowest BCUT2D eigenvalue weighted by Crippen LogP contribution is -1.96. The Bertz CT molecular complexity index is 1370. The molecule has 5 aromatic rings. The van der Waals surface area contributed by atoms with Crippen LogP contribution in [0.2, 0.25) is 0 Å². The maximum atomic E-state index is 9.06. The molecule has 2 heterocycles. The van der Waals surface area contributed by atoms with Gasteiger partial charge >= 0.3 is 0 Å². The Kier molecular flexibility index (Phi) is 3.70. The van der Waals surface area contributed by atoms with Crippen molar-refractivity contribution in [2.24, 2.45) is 0 Å². The average Bonchev–Trinajstić information content (AvgIpc) is 3.09. The van der Waals surface area contributed by atoms with Crippen molar-refractivity contribution < 1.29 is 0 Å². The molecule has 0 amide bonds. The van der Waals surface area contributed by atoms with Crippen LogP contribution in [0.15, 0.2) is 85.1 Å². The highest BCUT2D eigenvalue weighted by atomic mass is 15.0. The predicted octanol–water partition coefficient (Wildman–Crippen LogP) is 6.03. The fraction of sp³-hybridized carbons (Fsp3) is 0.0400. The first kappa shape index (κ1) is 16.3. The van der Waals surface area contributed by atoms with Crippen LogP contribution in [0.25, 0.3) is 38.6 Å². The van der Waals surface area contributed by atoms with Gasteiger partial charge in [-0.2, -0.15) is 5.26 Å². The highest BCUT2D eigenvalue weighted by molar-refractivity contribution is 5.98. The van der Waals surface area contributed by atoms with E-state index in [1.165, 1.54) is 10.9 Å². The number of aryl methyl sites for hydroxylation is 1. The van der Waals surface area contributed by atoms with Crippen molar-refractivity contribution in [1.29, 1.82) is 5.26 Å². The molecule has 0 aliphatic heterocycles. The lowest BCUT2D eigenvalue weighted by atomic mass is 10.0. The molecule has 132 valence electrons. The minimum atomic E-state index is 0.667. The lowest BCUT2D eigenvalue weighted by Gasteiger charge is -2.10. The second-order valence-electron chi connectivity index (χ2n) is 6.93. The number of fused-ring (bicyclic) bond motifs is 2. The largest absolute Gasteiger partial charge is 0.314 e. The number of nitrogens with zero attached hydrogens (tertiary/aromatic N) is 3. The van der Waals surface area contributed by atoms with Crippen LogP contribution < -0.4 is 0 Å². The minimum Gasteiger partial charge on any atom is -0.314 e. The molecule has 0 bridgehead atoms. The number of pyridine rings is 1. The lowest BCUT2D eigenvalue weighted by molar-refractivity contribution is 1.05. The van der Waals surface area contributed by atoms with E-state index in [4.69, 9.17) is 5.26 Å². The fourth-order valence-electron chi connectivity index (χ4n) is 3.86. The molecule has 0 saturated heterocycles. The Hall–Kier alpha value is -3.90. The maximum absolute atomic E-state index is 9.06. The molecule has 0 aliphatic rings. The number of rotatable bonds is 2. The second-order valence-corrected chi connectivity index (χ2v) is 6.93. The summed E-state index contributed by atoms with van der Waals surface area (Å²) in [6.45, 7) is 2.11. The van der Waals surface area contributed by atoms with Gasteiger partial charge in [0.1, 0.15) is 0 Å². The van der Waals surface area contributed by atoms with E-state index in [1.54, 1.807) is 0 Å². The standard InChI is InChI=1S/C25H17N3/c1-17-13-23-22(20-14-19-5-2-3-7-24(19)27-16-20)6-4-8-25(23)28(17)21-11-9-18(15-26)10-12-21/h2-14,16H,1H3. The SMILES string of the molecule is Cc1cc2c(-c3cnc4ccccc4c3)cccc2n1-c1ccc(C#N)cc1. The molecule has 0 saturated carbocycles. The molecule has 28 heavy (non-hydrogen) atoms. The third kappa shape index (κ3) is 2.55. The van der Waals surface area contributed by atoms with E-state index in [2.05, 4.69) is 58.9 Å². The second kappa shape index (κ2) is 6.37. The first-order valence-corrected chi connectivity index (χ1v) is 9.21. The van der Waals surface area contributed by atoms with Gasteiger partial charge in [-0.3, -0.25) is 4.98 Å². The van der Waals surface area contributed by atoms with Crippen LogP contribution >= 0.6 is 0 Å². The van der Waals surface area contributed by atoms with Gasteiger partial charge in [-0.25, -0.2) is 0 Å². The Morgan fingerprint density at radius 2 is 1.71 bits per heavy atom. The van der Waals surface area contributed by atoms with Gasteiger partial charge in [0.15, 0.2) is 0 Å². The van der Waals surface area contributed by atoms with E-state index in [0.29, 0.717) is 5.56 Å². The molecule has 0 fully saturated rings. The Labute approximate surface area is 163 Å². The molecular weight excluding hydrogens is 342 g/mol. The fourth-order valence-corrected chi connectivity index (χ4v) is 3.86. The summed E-state index contributed by atoms with van der Waals surface area (Å²) in [5.74, 6) is 0. The number of nitriles is 1. The van der Waals surface area contributed by atoms with Gasteiger partial charge in [-0.15, -0.1) is 0 Å². The van der Waals surface area contributed by atoms with E-state index in [1.807, 2.05) is 48.7 Å². The summed E-state index contributed by atoms with van der Waals surface area (Å²) in [6.07, 6.45) is 1.95. The molecule has 3 heteroatoms. The maximum Gasteiger partial charge on any atom is 0.0991 e. The summed E-state index contributed by atoms with van der Waals surface area (Å²) in [4.78, 5) is 4.63. The van der Waals surface area contributed by atoms with Gasteiger partial charge in [-0.05, 0) is 61.0 Å². The minimum absolute atomic E-state index is 0.667. The first-order chi connectivity index (χ1) is 13.7. The van der Waals surface area contributed by atoms with Gasteiger partial charge in [-0.1, -0.05) is 30.3 Å². The number of hydrogen-bond donors (Lipinski definition) is 0. The van der Waals surface area contributed by atoms with Crippen molar-refractivity contribution in [3.8, 4) is 22.9 Å². The van der Waals surface area contributed by atoms with Crippen molar-refractivity contribution >= 4 is 21.8 Å². The monoisotopic (exact) mass is 359 g/mol. The highest BCUT2D eigenvalue weighted by Gasteiger charge is 2.12. The molecular formula is C25H17N3. The molecule has 2 aromatic heterocycles. The topological polar surface area (TPSA) is 41.6 Å². The normalized spacial score (nSPS) is 11.0. The van der Waals surface area contributed by atoms with Gasteiger partial charge in [0.25, 0.3) is 0 Å². The van der Waals surface area contributed by atoms with E-state index < -0.39 is 0 Å². The summed E-state index contributed by atoms with van der Waals surface area (Å²) < 4.78 is 2.23. The van der Waals surface area contributed by atoms with Crippen molar-refractivity contribution in [1.82, 2.24) is 9.55 Å². The van der Waals surface area contributed by atoms with Gasteiger partial charge in [0, 0.05) is 33.9 Å². The van der Waals surface area contributed by atoms with Gasteiger partial charge in [0.05, 0.1) is 22.7 Å². The molecule has 0 radical (unpaired) electrons. The predicted molar refractivity (Wildman–Crippen MR) is 113 cm³/mol. The van der Waals surface area contributed by atoms with Crippen molar-refractivity contribution in [3.63, 3.8) is 0 Å². The van der Waals surface area contributed by atoms with Crippen LogP contribution in [0, 0.1) is 18.3 Å². The van der Waals surface area contributed by atoms with Crippen LogP contribution in [0.3, 0.4) is 0 Å². The summed E-state index contributed by atoms with van der Waals surface area (Å²) >= 11 is 0. The summed E-state index contributed by atoms with van der Waals surface area (Å²) in [5, 5.41) is 11.4. The third-order valence-electron chi connectivity index (χ3n) is 5.19. The number of aromatic nitrogens is 2. The van der Waals surface area contributed by atoms with Crippen molar-refractivity contribution in [2.75, 3.05) is 0 Å². The van der Waals surface area contributed by atoms with Gasteiger partial charge in [0.2, 0.25) is 0 Å². The first-order valence-electron chi connectivity index (χ1n) is 9.21. The summed E-state index contributed by atoms with van der Waals surface area (Å²) in [6, 6.07) is 28.9. The highest BCUT2D eigenvalue weighted by Crippen LogP contribution is 2.33. The number of para-hydroxylation sites is 1. The number of hydrogen-bond acceptors (Lipinski definition) is 2. The molecule has 0 unspecified atom stereocenters. The Morgan fingerprint density at radius 1 is 0.893 bits per heavy atom. The van der Waals surface area contributed by atoms with Crippen LogP contribution in [-0.2, 0) is 0 Å². The van der Waals surface area contributed by atoms with E-state index in [-0.39, 0.29) is 0 Å². The smallest absolute Gasteiger partial charge is 0.0991 e. The van der Waals surface area contributed by atoms with E-state index >= 15 is 0 Å². The number of benzene rings is 3. The summed E-state index contributed by atoms with van der Waals surface area (Å²) in [7, 11) is 0. The molecule has 0 N–H and O–H groups in total. The van der Waals surface area contributed by atoms with Crippen molar-refractivity contribution in [2.45, 2.75) is 6.92 Å². The molecule has 0 atom stereocenters. The molecule has 5 rings (SSSR count). The zero-order valence-corrected chi connectivity index (χ0v) is 15.4. The quantitative estimate of drug-likeness (QED) is 0.386. The third-order valence-corrected chi connectivity index (χ3v) is 5.19. The van der Waals surface area contributed by atoms with Crippen molar-refractivity contribution in [3.05, 3.63) is 96.3 Å². The molecule has 3 nitrogen and oxygen atoms in total.